The van der Waals surface area contributed by atoms with Crippen LogP contribution < -0.4 is 20.9 Å². The zero-order valence-electron chi connectivity index (χ0n) is 13.9. The Morgan fingerprint density at radius 3 is 2.41 bits per heavy atom. The first-order valence-corrected chi connectivity index (χ1v) is 8.84. The molecule has 0 fully saturated rings. The van der Waals surface area contributed by atoms with Crippen molar-refractivity contribution in [2.24, 2.45) is 0 Å². The third kappa shape index (κ3) is 7.97. The van der Waals surface area contributed by atoms with Gasteiger partial charge in [-0.3, -0.25) is 25.8 Å². The van der Waals surface area contributed by atoms with E-state index in [0.29, 0.717) is 11.3 Å². The van der Waals surface area contributed by atoms with Crippen LogP contribution in [-0.4, -0.2) is 23.5 Å². The van der Waals surface area contributed by atoms with Crippen LogP contribution in [0.2, 0.25) is 0 Å². The fourth-order valence-electron chi connectivity index (χ4n) is 1.77. The summed E-state index contributed by atoms with van der Waals surface area (Å²) in [5.74, 6) is -0.800. The molecule has 0 bridgehead atoms. The highest BCUT2D eigenvalue weighted by atomic mass is 79.9. The molecule has 0 radical (unpaired) electrons. The van der Waals surface area contributed by atoms with E-state index in [0.717, 1.165) is 4.47 Å². The van der Waals surface area contributed by atoms with Crippen molar-refractivity contribution in [3.8, 4) is 5.75 Å². The number of ether oxygens (including phenoxy) is 1. The van der Waals surface area contributed by atoms with Crippen LogP contribution in [0, 0.1) is 5.82 Å². The first kappa shape index (κ1) is 20.5. The van der Waals surface area contributed by atoms with Gasteiger partial charge in [0.15, 0.2) is 11.7 Å². The summed E-state index contributed by atoms with van der Waals surface area (Å²) < 4.78 is 19.0. The number of hydrogen-bond acceptors (Lipinski definition) is 4. The number of nitrogens with one attached hydrogen (secondary N) is 3. The molecule has 0 aliphatic heterocycles. The van der Waals surface area contributed by atoms with Crippen LogP contribution in [-0.2, 0) is 9.59 Å². The fourth-order valence-corrected chi connectivity index (χ4v) is 2.19. The molecule has 3 N–H and O–H groups in total. The minimum Gasteiger partial charge on any atom is -0.484 e. The van der Waals surface area contributed by atoms with Crippen molar-refractivity contribution in [1.29, 1.82) is 0 Å². The molecule has 2 amide bonds. The van der Waals surface area contributed by atoms with Gasteiger partial charge < -0.3 is 4.74 Å². The van der Waals surface area contributed by atoms with Crippen molar-refractivity contribution in [2.75, 3.05) is 6.61 Å². The largest absolute Gasteiger partial charge is 0.484 e. The molecule has 0 aliphatic carbocycles. The molecule has 0 aliphatic rings. The Kier molecular flexibility index (Phi) is 7.90. The summed E-state index contributed by atoms with van der Waals surface area (Å²) in [4.78, 5) is 23.4. The molecule has 2 aromatic rings. The minimum atomic E-state index is -0.503. The topological polar surface area (TPSA) is 79.5 Å². The number of carbonyl (C=O) groups is 2. The highest BCUT2D eigenvalue weighted by Crippen LogP contribution is 2.15. The number of rotatable bonds is 5. The van der Waals surface area contributed by atoms with E-state index in [1.807, 2.05) is 0 Å². The normalized spacial score (nSPS) is 10.3. The van der Waals surface area contributed by atoms with Crippen LogP contribution in [0.1, 0.15) is 5.56 Å². The number of hydrazine groups is 1. The van der Waals surface area contributed by atoms with E-state index in [1.165, 1.54) is 36.4 Å². The monoisotopic (exact) mass is 451 g/mol. The summed E-state index contributed by atoms with van der Waals surface area (Å²) >= 11 is 8.20. The number of amides is 2. The summed E-state index contributed by atoms with van der Waals surface area (Å²) in [6, 6.07) is 12.6. The Morgan fingerprint density at radius 2 is 1.74 bits per heavy atom. The lowest BCUT2D eigenvalue weighted by Crippen LogP contribution is -2.49. The second kappa shape index (κ2) is 10.4. The van der Waals surface area contributed by atoms with Gasteiger partial charge in [-0.15, -0.1) is 0 Å². The minimum absolute atomic E-state index is 0.0826. The molecule has 0 aromatic heterocycles. The van der Waals surface area contributed by atoms with Crippen molar-refractivity contribution < 1.29 is 18.7 Å². The molecule has 2 rings (SSSR count). The quantitative estimate of drug-likeness (QED) is 0.370. The molecule has 27 heavy (non-hydrogen) atoms. The maximum Gasteiger partial charge on any atom is 0.276 e. The van der Waals surface area contributed by atoms with Crippen LogP contribution in [0.15, 0.2) is 59.1 Å². The molecule has 0 heterocycles. The molecule has 0 spiro atoms. The highest BCUT2D eigenvalue weighted by molar-refractivity contribution is 9.10. The van der Waals surface area contributed by atoms with E-state index in [4.69, 9.17) is 17.0 Å². The third-order valence-corrected chi connectivity index (χ3v) is 3.77. The molecule has 0 unspecified atom stereocenters. The average Bonchev–Trinajstić information content (AvgIpc) is 2.65. The smallest absolute Gasteiger partial charge is 0.276 e. The summed E-state index contributed by atoms with van der Waals surface area (Å²) in [5, 5.41) is 2.27. The van der Waals surface area contributed by atoms with E-state index >= 15 is 0 Å². The van der Waals surface area contributed by atoms with Gasteiger partial charge in [-0.05, 0) is 60.3 Å². The number of halogens is 2. The zero-order chi connectivity index (χ0) is 19.6. The Labute approximate surface area is 168 Å². The number of thiocarbonyl (C=S) groups is 1. The first-order valence-electron chi connectivity index (χ1n) is 7.64. The van der Waals surface area contributed by atoms with E-state index < -0.39 is 11.8 Å². The fraction of sp³-hybridized carbons (Fsp3) is 0.0556. The molecule has 6 nitrogen and oxygen atoms in total. The number of benzene rings is 2. The molecule has 0 saturated carbocycles. The summed E-state index contributed by atoms with van der Waals surface area (Å²) in [7, 11) is 0. The van der Waals surface area contributed by atoms with Crippen LogP contribution >= 0.6 is 28.1 Å². The molecule has 0 atom stereocenters. The zero-order valence-corrected chi connectivity index (χ0v) is 16.3. The lowest BCUT2D eigenvalue weighted by Gasteiger charge is -2.10. The van der Waals surface area contributed by atoms with Gasteiger partial charge in [-0.2, -0.15) is 0 Å². The van der Waals surface area contributed by atoms with Crippen molar-refractivity contribution in [3.05, 3.63) is 70.5 Å². The predicted molar refractivity (Wildman–Crippen MR) is 107 cm³/mol. The Bertz CT molecular complexity index is 842. The summed E-state index contributed by atoms with van der Waals surface area (Å²) in [6.07, 6.45) is 2.74. The van der Waals surface area contributed by atoms with E-state index in [1.54, 1.807) is 24.3 Å². The maximum absolute atomic E-state index is 12.8. The van der Waals surface area contributed by atoms with E-state index in [-0.39, 0.29) is 17.5 Å². The van der Waals surface area contributed by atoms with Gasteiger partial charge in [-0.25, -0.2) is 4.39 Å². The maximum atomic E-state index is 12.8. The first-order chi connectivity index (χ1) is 12.9. The summed E-state index contributed by atoms with van der Waals surface area (Å²) in [6.45, 7) is -0.227. The SMILES string of the molecule is O=C(C=Cc1ccc(F)cc1)NC(=S)NNC(=O)COc1ccc(Br)cc1. The van der Waals surface area contributed by atoms with Crippen molar-refractivity contribution in [1.82, 2.24) is 16.2 Å². The molecule has 140 valence electrons. The van der Waals surface area contributed by atoms with Gasteiger partial charge in [0.2, 0.25) is 5.91 Å². The number of hydrogen-bond donors (Lipinski definition) is 3. The van der Waals surface area contributed by atoms with Crippen LogP contribution in [0.5, 0.6) is 5.75 Å². The van der Waals surface area contributed by atoms with Crippen LogP contribution in [0.25, 0.3) is 6.08 Å². The van der Waals surface area contributed by atoms with Gasteiger partial charge in [0, 0.05) is 10.5 Å². The molecular weight excluding hydrogens is 437 g/mol. The summed E-state index contributed by atoms with van der Waals surface area (Å²) in [5.41, 5.74) is 5.35. The van der Waals surface area contributed by atoms with Gasteiger partial charge in [0.1, 0.15) is 11.6 Å². The highest BCUT2D eigenvalue weighted by Gasteiger charge is 2.05. The van der Waals surface area contributed by atoms with Crippen molar-refractivity contribution >= 4 is 51.2 Å². The Hall–Kier alpha value is -2.78. The average molecular weight is 452 g/mol. The van der Waals surface area contributed by atoms with E-state index in [9.17, 15) is 14.0 Å². The third-order valence-electron chi connectivity index (χ3n) is 3.03. The predicted octanol–water partition coefficient (Wildman–Crippen LogP) is 2.70. The van der Waals surface area contributed by atoms with Gasteiger partial charge in [0.05, 0.1) is 0 Å². The lowest BCUT2D eigenvalue weighted by atomic mass is 10.2. The Morgan fingerprint density at radius 1 is 1.07 bits per heavy atom. The molecule has 2 aromatic carbocycles. The van der Waals surface area contributed by atoms with Crippen LogP contribution in [0.3, 0.4) is 0 Å². The lowest BCUT2D eigenvalue weighted by molar-refractivity contribution is -0.123. The van der Waals surface area contributed by atoms with Crippen LogP contribution in [0.4, 0.5) is 4.39 Å². The standard InChI is InChI=1S/C18H15BrFN3O3S/c19-13-4-8-15(9-5-13)26-11-17(25)22-23-18(27)21-16(24)10-3-12-1-6-14(20)7-2-12/h1-10H,11H2,(H,22,25)(H2,21,23,24,27). The molecule has 9 heteroatoms. The van der Waals surface area contributed by atoms with Crippen molar-refractivity contribution in [2.45, 2.75) is 0 Å². The molecular formula is C18H15BrFN3O3S. The molecule has 0 saturated heterocycles. The van der Waals surface area contributed by atoms with E-state index in [2.05, 4.69) is 32.1 Å². The number of carbonyl (C=O) groups excluding carboxylic acids is 2. The van der Waals surface area contributed by atoms with Gasteiger partial charge in [-0.1, -0.05) is 28.1 Å². The van der Waals surface area contributed by atoms with Crippen molar-refractivity contribution in [3.63, 3.8) is 0 Å². The van der Waals surface area contributed by atoms with Gasteiger partial charge in [0.25, 0.3) is 5.91 Å². The second-order valence-electron chi connectivity index (χ2n) is 5.12. The second-order valence-corrected chi connectivity index (χ2v) is 6.44. The van der Waals surface area contributed by atoms with Gasteiger partial charge >= 0.3 is 0 Å². The Balaban J connectivity index is 1.68.